The maximum Gasteiger partial charge on any atom is 0.435 e. The molecule has 0 spiro atoms. The Balaban J connectivity index is 2.40. The minimum absolute atomic E-state index is 0.0935. The van der Waals surface area contributed by atoms with E-state index in [1.54, 1.807) is 7.05 Å². The van der Waals surface area contributed by atoms with Crippen molar-refractivity contribution in [3.8, 4) is 0 Å². The molecule has 0 radical (unpaired) electrons. The summed E-state index contributed by atoms with van der Waals surface area (Å²) in [5.74, 6) is 0.495. The molecule has 18 heavy (non-hydrogen) atoms. The molecule has 0 bridgehead atoms. The topological polar surface area (TPSA) is 29.9 Å². The maximum absolute atomic E-state index is 12.8. The van der Waals surface area contributed by atoms with Gasteiger partial charge < -0.3 is 5.32 Å². The van der Waals surface area contributed by atoms with Gasteiger partial charge in [-0.05, 0) is 19.8 Å². The Kier molecular flexibility index (Phi) is 3.54. The lowest BCUT2D eigenvalue weighted by Gasteiger charge is -2.23. The number of nitrogens with zero attached hydrogens (tertiary/aromatic N) is 2. The van der Waals surface area contributed by atoms with E-state index in [0.717, 1.165) is 32.1 Å². The van der Waals surface area contributed by atoms with Gasteiger partial charge in [0, 0.05) is 12.6 Å². The second-order valence-corrected chi connectivity index (χ2v) is 4.81. The van der Waals surface area contributed by atoms with Crippen molar-refractivity contribution >= 4 is 5.82 Å². The van der Waals surface area contributed by atoms with Gasteiger partial charge in [-0.1, -0.05) is 19.3 Å². The molecule has 0 aromatic carbocycles. The summed E-state index contributed by atoms with van der Waals surface area (Å²) >= 11 is 0. The van der Waals surface area contributed by atoms with E-state index in [2.05, 4.69) is 10.4 Å². The van der Waals surface area contributed by atoms with Crippen molar-refractivity contribution in [1.29, 1.82) is 0 Å². The summed E-state index contributed by atoms with van der Waals surface area (Å²) in [6.07, 6.45) is 0.732. The Bertz CT molecular complexity index is 417. The lowest BCUT2D eigenvalue weighted by molar-refractivity contribution is -0.142. The number of aromatic nitrogens is 2. The van der Waals surface area contributed by atoms with Gasteiger partial charge in [0.05, 0.1) is 6.04 Å². The van der Waals surface area contributed by atoms with Crippen molar-refractivity contribution in [2.75, 3.05) is 12.4 Å². The highest BCUT2D eigenvalue weighted by Gasteiger charge is 2.38. The number of nitrogens with one attached hydrogen (secondary N) is 1. The minimum atomic E-state index is -4.38. The van der Waals surface area contributed by atoms with Gasteiger partial charge in [-0.2, -0.15) is 18.3 Å². The van der Waals surface area contributed by atoms with Crippen LogP contribution in [0.15, 0.2) is 0 Å². The number of hydrogen-bond donors (Lipinski definition) is 1. The fourth-order valence-electron chi connectivity index (χ4n) is 2.68. The number of halogens is 3. The predicted octanol–water partition coefficient (Wildman–Crippen LogP) is 3.76. The molecule has 1 aromatic heterocycles. The van der Waals surface area contributed by atoms with Crippen LogP contribution in [0.3, 0.4) is 0 Å². The Morgan fingerprint density at radius 1 is 1.22 bits per heavy atom. The van der Waals surface area contributed by atoms with Gasteiger partial charge in [-0.15, -0.1) is 0 Å². The second-order valence-electron chi connectivity index (χ2n) is 4.81. The first-order chi connectivity index (χ1) is 8.45. The van der Waals surface area contributed by atoms with Crippen molar-refractivity contribution in [3.63, 3.8) is 0 Å². The first kappa shape index (κ1) is 13.2. The van der Waals surface area contributed by atoms with E-state index in [-0.39, 0.29) is 11.6 Å². The number of rotatable bonds is 2. The Hall–Kier alpha value is -1.20. The van der Waals surface area contributed by atoms with Gasteiger partial charge in [-0.3, -0.25) is 0 Å². The van der Waals surface area contributed by atoms with E-state index in [1.807, 2.05) is 0 Å². The van der Waals surface area contributed by atoms with Crippen LogP contribution in [0.1, 0.15) is 49.4 Å². The van der Waals surface area contributed by atoms with Crippen molar-refractivity contribution in [1.82, 2.24) is 9.78 Å². The van der Waals surface area contributed by atoms with Crippen molar-refractivity contribution < 1.29 is 13.2 Å². The van der Waals surface area contributed by atoms with Crippen LogP contribution in [0, 0.1) is 6.92 Å². The molecule has 102 valence electrons. The molecule has 0 unspecified atom stereocenters. The molecule has 3 nitrogen and oxygen atoms in total. The molecule has 2 rings (SSSR count). The zero-order chi connectivity index (χ0) is 13.3. The fourth-order valence-corrected chi connectivity index (χ4v) is 2.68. The maximum atomic E-state index is 12.8. The van der Waals surface area contributed by atoms with Crippen molar-refractivity contribution in [3.05, 3.63) is 11.3 Å². The molecule has 1 N–H and O–H groups in total. The molecule has 1 aromatic rings. The van der Waals surface area contributed by atoms with Crippen LogP contribution in [0.25, 0.3) is 0 Å². The zero-order valence-corrected chi connectivity index (χ0v) is 10.6. The highest BCUT2D eigenvalue weighted by molar-refractivity contribution is 5.47. The monoisotopic (exact) mass is 261 g/mol. The number of alkyl halides is 3. The molecule has 1 heterocycles. The molecule has 1 aliphatic rings. The molecular formula is C12H18F3N3. The standard InChI is InChI=1S/C12H18F3N3/c1-8-10(12(13,14)15)17-18(11(8)16-2)9-6-4-3-5-7-9/h9,16H,3-7H2,1-2H3. The fraction of sp³-hybridized carbons (Fsp3) is 0.750. The van der Waals surface area contributed by atoms with Crippen LogP contribution in [-0.4, -0.2) is 16.8 Å². The molecule has 1 fully saturated rings. The Morgan fingerprint density at radius 2 is 1.83 bits per heavy atom. The smallest absolute Gasteiger partial charge is 0.373 e. The van der Waals surface area contributed by atoms with Crippen LogP contribution in [0.4, 0.5) is 19.0 Å². The summed E-state index contributed by atoms with van der Waals surface area (Å²) in [5.41, 5.74) is -0.576. The van der Waals surface area contributed by atoms with Gasteiger partial charge in [0.1, 0.15) is 5.82 Å². The summed E-state index contributed by atoms with van der Waals surface area (Å²) in [6, 6.07) is 0.0935. The molecule has 0 saturated heterocycles. The highest BCUT2D eigenvalue weighted by atomic mass is 19.4. The molecule has 0 amide bonds. The van der Waals surface area contributed by atoms with E-state index >= 15 is 0 Å². The van der Waals surface area contributed by atoms with Gasteiger partial charge in [0.15, 0.2) is 5.69 Å². The third kappa shape index (κ3) is 2.33. The summed E-state index contributed by atoms with van der Waals surface area (Å²) in [5, 5.41) is 6.66. The summed E-state index contributed by atoms with van der Waals surface area (Å²) in [7, 11) is 1.64. The van der Waals surface area contributed by atoms with E-state index in [1.165, 1.54) is 11.6 Å². The van der Waals surface area contributed by atoms with Gasteiger partial charge in [-0.25, -0.2) is 4.68 Å². The first-order valence-electron chi connectivity index (χ1n) is 6.29. The van der Waals surface area contributed by atoms with Crippen LogP contribution in [0.2, 0.25) is 0 Å². The average molecular weight is 261 g/mol. The van der Waals surface area contributed by atoms with E-state index < -0.39 is 11.9 Å². The van der Waals surface area contributed by atoms with Gasteiger partial charge >= 0.3 is 6.18 Å². The zero-order valence-electron chi connectivity index (χ0n) is 10.6. The minimum Gasteiger partial charge on any atom is -0.373 e. The third-order valence-corrected chi connectivity index (χ3v) is 3.57. The second kappa shape index (κ2) is 4.82. The highest BCUT2D eigenvalue weighted by Crippen LogP contribution is 2.37. The SMILES string of the molecule is CNc1c(C)c(C(F)(F)F)nn1C1CCCCC1. The third-order valence-electron chi connectivity index (χ3n) is 3.57. The van der Waals surface area contributed by atoms with E-state index in [0.29, 0.717) is 5.82 Å². The molecular weight excluding hydrogens is 243 g/mol. The van der Waals surface area contributed by atoms with Crippen LogP contribution in [-0.2, 0) is 6.18 Å². The van der Waals surface area contributed by atoms with E-state index in [4.69, 9.17) is 0 Å². The van der Waals surface area contributed by atoms with Gasteiger partial charge in [0.2, 0.25) is 0 Å². The largest absolute Gasteiger partial charge is 0.435 e. The van der Waals surface area contributed by atoms with Crippen LogP contribution >= 0.6 is 0 Å². The van der Waals surface area contributed by atoms with E-state index in [9.17, 15) is 13.2 Å². The van der Waals surface area contributed by atoms with Crippen molar-refractivity contribution in [2.24, 2.45) is 0 Å². The quantitative estimate of drug-likeness (QED) is 0.878. The Labute approximate surface area is 104 Å². The lowest BCUT2D eigenvalue weighted by atomic mass is 9.96. The number of hydrogen-bond acceptors (Lipinski definition) is 2. The first-order valence-corrected chi connectivity index (χ1v) is 6.29. The van der Waals surface area contributed by atoms with Crippen molar-refractivity contribution in [2.45, 2.75) is 51.2 Å². The normalized spacial score (nSPS) is 18.1. The molecule has 1 aliphatic carbocycles. The number of anilines is 1. The van der Waals surface area contributed by atoms with Crippen LogP contribution < -0.4 is 5.32 Å². The molecule has 6 heteroatoms. The summed E-state index contributed by atoms with van der Waals surface area (Å²) < 4.78 is 40.1. The molecule has 0 atom stereocenters. The predicted molar refractivity (Wildman–Crippen MR) is 63.6 cm³/mol. The molecule has 1 saturated carbocycles. The summed E-state index contributed by atoms with van der Waals surface area (Å²) in [4.78, 5) is 0. The van der Waals surface area contributed by atoms with Crippen LogP contribution in [0.5, 0.6) is 0 Å². The summed E-state index contributed by atoms with van der Waals surface area (Å²) in [6.45, 7) is 1.47. The van der Waals surface area contributed by atoms with Gasteiger partial charge in [0.25, 0.3) is 0 Å². The molecule has 0 aliphatic heterocycles. The Morgan fingerprint density at radius 3 is 2.33 bits per heavy atom. The lowest BCUT2D eigenvalue weighted by Crippen LogP contribution is -2.17. The average Bonchev–Trinajstić information content (AvgIpc) is 2.67.